The second-order valence-electron chi connectivity index (χ2n) is 9.09. The Balaban J connectivity index is 1.72. The molecule has 0 bridgehead atoms. The van der Waals surface area contributed by atoms with Crippen molar-refractivity contribution in [2.45, 2.75) is 32.7 Å². The summed E-state index contributed by atoms with van der Waals surface area (Å²) in [5, 5.41) is 6.28. The maximum absolute atomic E-state index is 15.1. The van der Waals surface area contributed by atoms with Crippen molar-refractivity contribution in [3.05, 3.63) is 78.0 Å². The van der Waals surface area contributed by atoms with Crippen molar-refractivity contribution in [3.63, 3.8) is 0 Å². The average molecular weight is 499 g/mol. The van der Waals surface area contributed by atoms with Crippen molar-refractivity contribution in [1.29, 1.82) is 0 Å². The van der Waals surface area contributed by atoms with Crippen LogP contribution in [-0.4, -0.2) is 47.1 Å². The molecule has 2 heterocycles. The lowest BCUT2D eigenvalue weighted by atomic mass is 9.93. The molecule has 0 saturated heterocycles. The lowest BCUT2D eigenvalue weighted by Crippen LogP contribution is -2.29. The number of ether oxygens (including phenoxy) is 1. The third-order valence-electron chi connectivity index (χ3n) is 5.39. The van der Waals surface area contributed by atoms with Crippen LogP contribution >= 0.6 is 0 Å². The highest BCUT2D eigenvalue weighted by molar-refractivity contribution is 5.92. The molecule has 0 aliphatic carbocycles. The molecule has 2 amide bonds. The number of carbonyl (C=O) groups is 2. The van der Waals surface area contributed by atoms with Crippen molar-refractivity contribution >= 4 is 11.8 Å². The summed E-state index contributed by atoms with van der Waals surface area (Å²) in [5.41, 5.74) is -0.0408. The van der Waals surface area contributed by atoms with Gasteiger partial charge in [-0.25, -0.2) is 8.78 Å². The first-order chi connectivity index (χ1) is 17.0. The molecule has 3 aromatic rings. The lowest BCUT2D eigenvalue weighted by Gasteiger charge is -2.17. The van der Waals surface area contributed by atoms with Gasteiger partial charge in [-0.15, -0.1) is 0 Å². The van der Waals surface area contributed by atoms with Crippen LogP contribution in [0.3, 0.4) is 0 Å². The summed E-state index contributed by atoms with van der Waals surface area (Å²) in [5.74, 6) is -2.25. The van der Waals surface area contributed by atoms with Gasteiger partial charge in [0.2, 0.25) is 5.91 Å². The lowest BCUT2D eigenvalue weighted by molar-refractivity contribution is -0.125. The minimum absolute atomic E-state index is 0.0261. The SMILES string of the molecule is C=CC(=O)N(C)CCOc1cnccc1-c1ccc(CNC(=O)c2cc(C(C)(C)C)on2)c(F)c1F. The largest absolute Gasteiger partial charge is 0.489 e. The van der Waals surface area contributed by atoms with Crippen molar-refractivity contribution in [2.24, 2.45) is 0 Å². The zero-order valence-corrected chi connectivity index (χ0v) is 20.6. The van der Waals surface area contributed by atoms with E-state index >= 15 is 4.39 Å². The molecule has 0 saturated carbocycles. The summed E-state index contributed by atoms with van der Waals surface area (Å²) in [7, 11) is 1.59. The van der Waals surface area contributed by atoms with Crippen LogP contribution in [0.5, 0.6) is 5.75 Å². The Hall–Kier alpha value is -4.08. The predicted molar refractivity (Wildman–Crippen MR) is 129 cm³/mol. The number of likely N-dealkylation sites (N-methyl/N-ethyl adjacent to an activating group) is 1. The summed E-state index contributed by atoms with van der Waals surface area (Å²) in [6.07, 6.45) is 4.01. The molecular weight excluding hydrogens is 470 g/mol. The molecular formula is C26H28F2N4O4. The smallest absolute Gasteiger partial charge is 0.273 e. The zero-order valence-electron chi connectivity index (χ0n) is 20.6. The molecule has 0 radical (unpaired) electrons. The number of aromatic nitrogens is 2. The van der Waals surface area contributed by atoms with E-state index in [1.165, 1.54) is 47.6 Å². The summed E-state index contributed by atoms with van der Waals surface area (Å²) < 4.78 is 40.8. The fourth-order valence-corrected chi connectivity index (χ4v) is 3.21. The molecule has 3 rings (SSSR count). The molecule has 0 unspecified atom stereocenters. The summed E-state index contributed by atoms with van der Waals surface area (Å²) in [6, 6.07) is 5.82. The van der Waals surface area contributed by atoms with E-state index in [1.807, 2.05) is 20.8 Å². The average Bonchev–Trinajstić information content (AvgIpc) is 3.36. The van der Waals surface area contributed by atoms with E-state index < -0.39 is 17.5 Å². The van der Waals surface area contributed by atoms with E-state index in [2.05, 4.69) is 22.0 Å². The number of rotatable bonds is 9. The van der Waals surface area contributed by atoms with Crippen LogP contribution in [-0.2, 0) is 16.8 Å². The van der Waals surface area contributed by atoms with E-state index in [0.29, 0.717) is 11.3 Å². The molecule has 0 spiro atoms. The molecule has 8 nitrogen and oxygen atoms in total. The van der Waals surface area contributed by atoms with Gasteiger partial charge in [0, 0.05) is 48.0 Å². The van der Waals surface area contributed by atoms with Crippen molar-refractivity contribution in [1.82, 2.24) is 20.4 Å². The first-order valence-corrected chi connectivity index (χ1v) is 11.2. The highest BCUT2D eigenvalue weighted by Gasteiger charge is 2.23. The van der Waals surface area contributed by atoms with E-state index in [-0.39, 0.29) is 53.6 Å². The van der Waals surface area contributed by atoms with Gasteiger partial charge in [-0.2, -0.15) is 0 Å². The standard InChI is InChI=1S/C26H28F2N4O4/c1-6-22(33)32(5)11-12-35-20-15-29-10-9-17(20)18-8-7-16(23(27)24(18)28)14-30-25(34)19-13-21(36-31-19)26(2,3)4/h6-10,13,15H,1,11-12,14H2,2-5H3,(H,30,34). The Bertz CT molecular complexity index is 1270. The number of benzene rings is 1. The number of hydrogen-bond acceptors (Lipinski definition) is 6. The minimum Gasteiger partial charge on any atom is -0.489 e. The summed E-state index contributed by atoms with van der Waals surface area (Å²) in [4.78, 5) is 29.4. The first-order valence-electron chi connectivity index (χ1n) is 11.2. The summed E-state index contributed by atoms with van der Waals surface area (Å²) >= 11 is 0. The number of carbonyl (C=O) groups excluding carboxylic acids is 2. The predicted octanol–water partition coefficient (Wildman–Crippen LogP) is 4.27. The Kier molecular flexibility index (Phi) is 8.18. The number of pyridine rings is 1. The van der Waals surface area contributed by atoms with Crippen molar-refractivity contribution < 1.29 is 27.6 Å². The highest BCUT2D eigenvalue weighted by atomic mass is 19.2. The maximum Gasteiger partial charge on any atom is 0.273 e. The van der Waals surface area contributed by atoms with Crippen molar-refractivity contribution in [2.75, 3.05) is 20.2 Å². The van der Waals surface area contributed by atoms with Crippen LogP contribution in [0.1, 0.15) is 42.6 Å². The molecule has 36 heavy (non-hydrogen) atoms. The molecule has 10 heteroatoms. The van der Waals surface area contributed by atoms with Crippen LogP contribution in [0.25, 0.3) is 11.1 Å². The van der Waals surface area contributed by atoms with Gasteiger partial charge in [0.1, 0.15) is 18.1 Å². The van der Waals surface area contributed by atoms with Gasteiger partial charge in [-0.3, -0.25) is 14.6 Å². The van der Waals surface area contributed by atoms with E-state index in [0.717, 1.165) is 0 Å². The van der Waals surface area contributed by atoms with Gasteiger partial charge < -0.3 is 19.5 Å². The zero-order chi connectivity index (χ0) is 26.5. The molecule has 0 atom stereocenters. The third kappa shape index (κ3) is 6.12. The summed E-state index contributed by atoms with van der Waals surface area (Å²) in [6.45, 7) is 9.29. The van der Waals surface area contributed by atoms with E-state index in [1.54, 1.807) is 7.05 Å². The Morgan fingerprint density at radius 2 is 1.94 bits per heavy atom. The quantitative estimate of drug-likeness (QED) is 0.443. The normalized spacial score (nSPS) is 11.2. The van der Waals surface area contributed by atoms with Gasteiger partial charge in [-0.1, -0.05) is 44.6 Å². The Morgan fingerprint density at radius 1 is 1.19 bits per heavy atom. The van der Waals surface area contributed by atoms with Crippen LogP contribution in [0, 0.1) is 11.6 Å². The van der Waals surface area contributed by atoms with Gasteiger partial charge >= 0.3 is 0 Å². The minimum atomic E-state index is -1.09. The monoisotopic (exact) mass is 498 g/mol. The second kappa shape index (κ2) is 11.1. The van der Waals surface area contributed by atoms with Crippen LogP contribution in [0.15, 0.2) is 53.8 Å². The number of halogens is 2. The maximum atomic E-state index is 15.1. The number of amides is 2. The highest BCUT2D eigenvalue weighted by Crippen LogP contribution is 2.33. The van der Waals surface area contributed by atoms with Gasteiger partial charge in [0.25, 0.3) is 5.91 Å². The van der Waals surface area contributed by atoms with Crippen molar-refractivity contribution in [3.8, 4) is 16.9 Å². The molecule has 1 N–H and O–H groups in total. The topological polar surface area (TPSA) is 97.6 Å². The number of nitrogens with zero attached hydrogens (tertiary/aromatic N) is 3. The Morgan fingerprint density at radius 3 is 2.61 bits per heavy atom. The Labute approximate surface area is 207 Å². The van der Waals surface area contributed by atoms with Crippen LogP contribution < -0.4 is 10.1 Å². The fourth-order valence-electron chi connectivity index (χ4n) is 3.21. The molecule has 0 fully saturated rings. The van der Waals surface area contributed by atoms with Gasteiger partial charge in [0.05, 0.1) is 12.7 Å². The molecule has 190 valence electrons. The fraction of sp³-hybridized carbons (Fsp3) is 0.308. The molecule has 1 aromatic carbocycles. The molecule has 0 aliphatic heterocycles. The second-order valence-corrected chi connectivity index (χ2v) is 9.09. The molecule has 2 aromatic heterocycles. The van der Waals surface area contributed by atoms with Gasteiger partial charge in [0.15, 0.2) is 17.3 Å². The number of hydrogen-bond donors (Lipinski definition) is 1. The van der Waals surface area contributed by atoms with Crippen LogP contribution in [0.4, 0.5) is 8.78 Å². The molecule has 0 aliphatic rings. The third-order valence-corrected chi connectivity index (χ3v) is 5.39. The first kappa shape index (κ1) is 26.5. The number of nitrogens with one attached hydrogen (secondary N) is 1. The van der Waals surface area contributed by atoms with E-state index in [4.69, 9.17) is 9.26 Å². The van der Waals surface area contributed by atoms with Gasteiger partial charge in [-0.05, 0) is 12.1 Å². The van der Waals surface area contributed by atoms with E-state index in [9.17, 15) is 14.0 Å². The van der Waals surface area contributed by atoms with Crippen LogP contribution in [0.2, 0.25) is 0 Å².